The number of hydrogen-bond acceptors (Lipinski definition) is 3. The predicted octanol–water partition coefficient (Wildman–Crippen LogP) is 2.21. The molecule has 1 aliphatic rings. The Balaban J connectivity index is 1.91. The Hall–Kier alpha value is -1.76. The molecule has 1 atom stereocenters. The van der Waals surface area contributed by atoms with Crippen molar-refractivity contribution >= 4 is 6.03 Å². The fourth-order valence-electron chi connectivity index (χ4n) is 2.32. The van der Waals surface area contributed by atoms with Gasteiger partial charge in [0.15, 0.2) is 0 Å². The van der Waals surface area contributed by atoms with Gasteiger partial charge in [0.25, 0.3) is 6.43 Å². The molecule has 122 valence electrons. The Labute approximate surface area is 128 Å². The molecule has 2 rings (SSSR count). The summed E-state index contributed by atoms with van der Waals surface area (Å²) in [4.78, 5) is 17.7. The molecule has 0 spiro atoms. The highest BCUT2D eigenvalue weighted by Gasteiger charge is 2.42. The van der Waals surface area contributed by atoms with E-state index in [9.17, 15) is 13.6 Å². The van der Waals surface area contributed by atoms with Crippen LogP contribution in [0.2, 0.25) is 0 Å². The van der Waals surface area contributed by atoms with Crippen molar-refractivity contribution in [2.75, 3.05) is 19.7 Å². The molecule has 1 fully saturated rings. The van der Waals surface area contributed by atoms with Crippen LogP contribution in [0.4, 0.5) is 13.6 Å². The number of amides is 2. The molecule has 22 heavy (non-hydrogen) atoms. The van der Waals surface area contributed by atoms with E-state index in [1.165, 1.54) is 11.8 Å². The lowest BCUT2D eigenvalue weighted by Crippen LogP contribution is -2.57. The normalized spacial score (nSPS) is 22.0. The van der Waals surface area contributed by atoms with E-state index in [1.54, 1.807) is 6.20 Å². The number of carbonyl (C=O) groups is 1. The van der Waals surface area contributed by atoms with E-state index < -0.39 is 12.0 Å². The molecule has 1 aromatic heterocycles. The molecule has 1 aliphatic heterocycles. The summed E-state index contributed by atoms with van der Waals surface area (Å²) in [5.41, 5.74) is 0.282. The molecule has 0 aliphatic carbocycles. The molecule has 1 N–H and O–H groups in total. The molecule has 0 bridgehead atoms. The number of aryl methyl sites for hydroxylation is 1. The first-order chi connectivity index (χ1) is 10.4. The van der Waals surface area contributed by atoms with Crippen LogP contribution in [-0.2, 0) is 17.7 Å². The zero-order chi connectivity index (χ0) is 16.2. The summed E-state index contributed by atoms with van der Waals surface area (Å²) in [6.45, 7) is 3.92. The third-order valence-corrected chi connectivity index (χ3v) is 3.76. The van der Waals surface area contributed by atoms with Crippen molar-refractivity contribution in [3.05, 3.63) is 29.6 Å². The average molecular weight is 313 g/mol. The number of hydrogen-bond donors (Lipinski definition) is 1. The molecule has 5 nitrogen and oxygen atoms in total. The van der Waals surface area contributed by atoms with E-state index in [0.717, 1.165) is 17.7 Å². The maximum atomic E-state index is 13.0. The number of morpholine rings is 1. The van der Waals surface area contributed by atoms with Gasteiger partial charge in [0.1, 0.15) is 5.60 Å². The van der Waals surface area contributed by atoms with Gasteiger partial charge in [-0.1, -0.05) is 6.92 Å². The molecule has 2 amide bonds. The lowest BCUT2D eigenvalue weighted by Gasteiger charge is -2.39. The van der Waals surface area contributed by atoms with Crippen molar-refractivity contribution in [2.24, 2.45) is 0 Å². The lowest BCUT2D eigenvalue weighted by molar-refractivity contribution is -0.161. The van der Waals surface area contributed by atoms with Crippen LogP contribution in [0.25, 0.3) is 0 Å². The van der Waals surface area contributed by atoms with Crippen molar-refractivity contribution in [1.82, 2.24) is 15.2 Å². The summed E-state index contributed by atoms with van der Waals surface area (Å²) in [7, 11) is 0. The second-order valence-corrected chi connectivity index (χ2v) is 5.55. The summed E-state index contributed by atoms with van der Waals surface area (Å²) < 4.78 is 31.1. The van der Waals surface area contributed by atoms with Gasteiger partial charge in [0, 0.05) is 12.7 Å². The fourth-order valence-corrected chi connectivity index (χ4v) is 2.32. The quantitative estimate of drug-likeness (QED) is 0.927. The second kappa shape index (κ2) is 7.00. The lowest BCUT2D eigenvalue weighted by atomic mass is 10.1. The summed E-state index contributed by atoms with van der Waals surface area (Å²) in [6.07, 6.45) is -0.0474. The minimum atomic E-state index is -2.63. The highest BCUT2D eigenvalue weighted by atomic mass is 19.3. The maximum Gasteiger partial charge on any atom is 0.317 e. The Morgan fingerprint density at radius 3 is 3.05 bits per heavy atom. The second-order valence-electron chi connectivity index (χ2n) is 5.55. The van der Waals surface area contributed by atoms with E-state index in [1.807, 2.05) is 19.1 Å². The number of aromatic nitrogens is 1. The molecule has 1 saturated heterocycles. The topological polar surface area (TPSA) is 54.5 Å². The molecule has 1 unspecified atom stereocenters. The number of carbonyl (C=O) groups excluding carboxylic acids is 1. The summed E-state index contributed by atoms with van der Waals surface area (Å²) in [5.74, 6) is 0. The number of nitrogens with one attached hydrogen (secondary N) is 1. The van der Waals surface area contributed by atoms with Gasteiger partial charge in [-0.05, 0) is 31.0 Å². The van der Waals surface area contributed by atoms with Crippen molar-refractivity contribution in [3.8, 4) is 0 Å². The van der Waals surface area contributed by atoms with Gasteiger partial charge in [-0.25, -0.2) is 13.6 Å². The van der Waals surface area contributed by atoms with Crippen LogP contribution in [0.1, 0.15) is 25.1 Å². The zero-order valence-electron chi connectivity index (χ0n) is 12.8. The first-order valence-corrected chi connectivity index (χ1v) is 7.33. The molecule has 0 aromatic carbocycles. The number of ether oxygens (including phenoxy) is 1. The van der Waals surface area contributed by atoms with Gasteiger partial charge >= 0.3 is 6.03 Å². The van der Waals surface area contributed by atoms with Crippen LogP contribution in [0.5, 0.6) is 0 Å². The molecular weight excluding hydrogens is 292 g/mol. The Morgan fingerprint density at radius 2 is 2.36 bits per heavy atom. The monoisotopic (exact) mass is 313 g/mol. The standard InChI is InChI=1S/C15H21F2N3O2/c1-3-11-4-5-18-12(8-11)9-19-14(21)20-6-7-22-15(2,10-20)13(16)17/h4-5,8,13H,3,6-7,9-10H2,1-2H3,(H,19,21). The summed E-state index contributed by atoms with van der Waals surface area (Å²) >= 11 is 0. The fraction of sp³-hybridized carbons (Fsp3) is 0.600. The number of pyridine rings is 1. The number of halogens is 2. The van der Waals surface area contributed by atoms with Crippen molar-refractivity contribution in [3.63, 3.8) is 0 Å². The third-order valence-electron chi connectivity index (χ3n) is 3.76. The van der Waals surface area contributed by atoms with Crippen LogP contribution in [0.3, 0.4) is 0 Å². The first-order valence-electron chi connectivity index (χ1n) is 7.33. The Bertz CT molecular complexity index is 527. The Kier molecular flexibility index (Phi) is 5.28. The highest BCUT2D eigenvalue weighted by Crippen LogP contribution is 2.24. The predicted molar refractivity (Wildman–Crippen MR) is 77.8 cm³/mol. The largest absolute Gasteiger partial charge is 0.366 e. The highest BCUT2D eigenvalue weighted by molar-refractivity contribution is 5.74. The van der Waals surface area contributed by atoms with Crippen LogP contribution in [-0.4, -0.2) is 47.6 Å². The minimum absolute atomic E-state index is 0.109. The van der Waals surface area contributed by atoms with Gasteiger partial charge < -0.3 is 15.0 Å². The van der Waals surface area contributed by atoms with Crippen molar-refractivity contribution in [2.45, 2.75) is 38.8 Å². The minimum Gasteiger partial charge on any atom is -0.366 e. The number of alkyl halides is 2. The van der Waals surface area contributed by atoms with Crippen LogP contribution in [0.15, 0.2) is 18.3 Å². The smallest absolute Gasteiger partial charge is 0.317 e. The van der Waals surface area contributed by atoms with E-state index in [4.69, 9.17) is 4.74 Å². The average Bonchev–Trinajstić information content (AvgIpc) is 2.52. The summed E-state index contributed by atoms with van der Waals surface area (Å²) in [6, 6.07) is 3.46. The SMILES string of the molecule is CCc1ccnc(CNC(=O)N2CCOC(C)(C(F)F)C2)c1. The van der Waals surface area contributed by atoms with Gasteiger partial charge in [-0.3, -0.25) is 4.98 Å². The molecular formula is C15H21F2N3O2. The van der Waals surface area contributed by atoms with E-state index in [0.29, 0.717) is 6.54 Å². The van der Waals surface area contributed by atoms with Gasteiger partial charge in [-0.15, -0.1) is 0 Å². The Morgan fingerprint density at radius 1 is 1.59 bits per heavy atom. The molecule has 2 heterocycles. The third kappa shape index (κ3) is 3.91. The van der Waals surface area contributed by atoms with Gasteiger partial charge in [0.05, 0.1) is 25.4 Å². The van der Waals surface area contributed by atoms with Crippen molar-refractivity contribution < 1.29 is 18.3 Å². The van der Waals surface area contributed by atoms with E-state index >= 15 is 0 Å². The molecule has 0 radical (unpaired) electrons. The van der Waals surface area contributed by atoms with E-state index in [2.05, 4.69) is 10.3 Å². The summed E-state index contributed by atoms with van der Waals surface area (Å²) in [5, 5.41) is 2.72. The molecule has 1 aromatic rings. The van der Waals surface area contributed by atoms with Gasteiger partial charge in [0.2, 0.25) is 0 Å². The number of rotatable bonds is 4. The number of urea groups is 1. The van der Waals surface area contributed by atoms with Crippen molar-refractivity contribution in [1.29, 1.82) is 0 Å². The van der Waals surface area contributed by atoms with Crippen LogP contribution < -0.4 is 5.32 Å². The van der Waals surface area contributed by atoms with Crippen LogP contribution in [0, 0.1) is 0 Å². The maximum absolute atomic E-state index is 13.0. The van der Waals surface area contributed by atoms with E-state index in [-0.39, 0.29) is 25.7 Å². The molecule has 7 heteroatoms. The first kappa shape index (κ1) is 16.6. The zero-order valence-corrected chi connectivity index (χ0v) is 12.8. The van der Waals surface area contributed by atoms with Gasteiger partial charge in [-0.2, -0.15) is 0 Å². The number of nitrogens with zero attached hydrogens (tertiary/aromatic N) is 2. The molecule has 0 saturated carbocycles. The van der Waals surface area contributed by atoms with Crippen LogP contribution >= 0.6 is 0 Å².